The molecule has 64 valence electrons. The highest BCUT2D eigenvalue weighted by atomic mass is 16.7. The number of nitrogens with two attached hydrogens (primary N) is 1. The maximum absolute atomic E-state index is 9.75. The summed E-state index contributed by atoms with van der Waals surface area (Å²) in [5, 5.41) is 11.9. The van der Waals surface area contributed by atoms with Crippen LogP contribution in [0, 0.1) is 10.1 Å². The zero-order valence-corrected chi connectivity index (χ0v) is 6.32. The van der Waals surface area contributed by atoms with Gasteiger partial charge in [-0.05, 0) is 6.42 Å². The number of nitro groups is 1. The predicted molar refractivity (Wildman–Crippen MR) is 39.7 cm³/mol. The van der Waals surface area contributed by atoms with Crippen molar-refractivity contribution in [2.75, 3.05) is 13.7 Å². The number of amidine groups is 1. The second kappa shape index (κ2) is 5.60. The van der Waals surface area contributed by atoms with Crippen molar-refractivity contribution in [1.29, 1.82) is 0 Å². The Balaban J connectivity index is 3.51. The van der Waals surface area contributed by atoms with Gasteiger partial charge in [-0.15, -0.1) is 0 Å². The van der Waals surface area contributed by atoms with Crippen LogP contribution in [0.15, 0.2) is 5.10 Å². The average Bonchev–Trinajstić information content (AvgIpc) is 1.86. The van der Waals surface area contributed by atoms with E-state index in [1.54, 1.807) is 7.11 Å². The number of hydrogen-bond acceptors (Lipinski definition) is 3. The van der Waals surface area contributed by atoms with Crippen LogP contribution in [-0.2, 0) is 4.74 Å². The molecule has 6 nitrogen and oxygen atoms in total. The number of hydrogen-bond donors (Lipinski definition) is 1. The summed E-state index contributed by atoms with van der Waals surface area (Å²) in [6.45, 7) is 0.536. The Hall–Kier alpha value is -1.17. The largest absolute Gasteiger partial charge is 0.385 e. The van der Waals surface area contributed by atoms with E-state index in [1.807, 2.05) is 0 Å². The van der Waals surface area contributed by atoms with E-state index in [0.29, 0.717) is 19.4 Å². The molecule has 6 heteroatoms. The minimum Gasteiger partial charge on any atom is -0.385 e. The van der Waals surface area contributed by atoms with Gasteiger partial charge in [0.15, 0.2) is 10.9 Å². The number of rotatable bonds is 5. The Morgan fingerprint density at radius 3 is 2.91 bits per heavy atom. The summed E-state index contributed by atoms with van der Waals surface area (Å²) in [5.74, 6) is 0.0343. The summed E-state index contributed by atoms with van der Waals surface area (Å²) >= 11 is 0. The molecule has 0 heterocycles. The van der Waals surface area contributed by atoms with Crippen LogP contribution < -0.4 is 5.73 Å². The van der Waals surface area contributed by atoms with Crippen LogP contribution in [0.2, 0.25) is 0 Å². The van der Waals surface area contributed by atoms with Crippen LogP contribution in [0.1, 0.15) is 12.8 Å². The van der Waals surface area contributed by atoms with Gasteiger partial charge < -0.3 is 10.5 Å². The van der Waals surface area contributed by atoms with Crippen LogP contribution in [-0.4, -0.2) is 24.6 Å². The summed E-state index contributed by atoms with van der Waals surface area (Å²) in [6.07, 6.45) is 1.05. The Morgan fingerprint density at radius 2 is 2.45 bits per heavy atom. The molecule has 0 aliphatic heterocycles. The monoisotopic (exact) mass is 161 g/mol. The molecule has 0 aromatic heterocycles. The number of methoxy groups -OCH3 is 1. The molecule has 0 spiro atoms. The molecule has 0 amide bonds. The first-order valence-electron chi connectivity index (χ1n) is 3.13. The van der Waals surface area contributed by atoms with E-state index >= 15 is 0 Å². The minimum absolute atomic E-state index is 0.0343. The van der Waals surface area contributed by atoms with E-state index in [1.165, 1.54) is 0 Å². The normalized spacial score (nSPS) is 11.5. The first-order valence-corrected chi connectivity index (χ1v) is 3.13. The third-order valence-corrected chi connectivity index (χ3v) is 0.991. The van der Waals surface area contributed by atoms with Crippen LogP contribution in [0.25, 0.3) is 0 Å². The molecule has 0 fully saturated rings. The fourth-order valence-electron chi connectivity index (χ4n) is 0.553. The van der Waals surface area contributed by atoms with Crippen molar-refractivity contribution in [3.05, 3.63) is 10.1 Å². The maximum Gasteiger partial charge on any atom is 0.192 e. The standard InChI is InChI=1S/C5H11N3O3/c1-11-4-2-3-5(6)7-8(9)10/h2-4H2,1H3,(H2,6,7). The summed E-state index contributed by atoms with van der Waals surface area (Å²) in [7, 11) is 1.56. The predicted octanol–water partition coefficient (Wildman–Crippen LogP) is -0.0381. The molecule has 0 bridgehead atoms. The Morgan fingerprint density at radius 1 is 1.82 bits per heavy atom. The molecule has 2 N–H and O–H groups in total. The van der Waals surface area contributed by atoms with Gasteiger partial charge in [0.05, 0.1) is 5.10 Å². The van der Waals surface area contributed by atoms with Gasteiger partial charge in [-0.1, -0.05) is 0 Å². The summed E-state index contributed by atoms with van der Waals surface area (Å²) in [6, 6.07) is 0. The number of ether oxygens (including phenoxy) is 1. The van der Waals surface area contributed by atoms with Crippen molar-refractivity contribution in [1.82, 2.24) is 0 Å². The molecule has 0 aromatic carbocycles. The van der Waals surface area contributed by atoms with Gasteiger partial charge in [0.2, 0.25) is 0 Å². The molecule has 11 heavy (non-hydrogen) atoms. The number of nitrogens with zero attached hydrogens (tertiary/aromatic N) is 2. The second-order valence-corrected chi connectivity index (χ2v) is 1.93. The molecular weight excluding hydrogens is 150 g/mol. The average molecular weight is 161 g/mol. The van der Waals surface area contributed by atoms with E-state index in [-0.39, 0.29) is 5.84 Å². The molecule has 0 aliphatic carbocycles. The lowest BCUT2D eigenvalue weighted by atomic mass is 10.3. The maximum atomic E-state index is 9.75. The van der Waals surface area contributed by atoms with Crippen molar-refractivity contribution in [2.45, 2.75) is 12.8 Å². The molecular formula is C5H11N3O3. The molecule has 0 aliphatic rings. The van der Waals surface area contributed by atoms with Crippen LogP contribution >= 0.6 is 0 Å². The van der Waals surface area contributed by atoms with Gasteiger partial charge in [-0.25, -0.2) is 10.1 Å². The Kier molecular flexibility index (Phi) is 5.01. The van der Waals surface area contributed by atoms with E-state index in [9.17, 15) is 10.1 Å². The lowest BCUT2D eigenvalue weighted by molar-refractivity contribution is -0.485. The molecule has 0 radical (unpaired) electrons. The van der Waals surface area contributed by atoms with Gasteiger partial charge >= 0.3 is 0 Å². The van der Waals surface area contributed by atoms with Crippen LogP contribution in [0.4, 0.5) is 0 Å². The van der Waals surface area contributed by atoms with Crippen molar-refractivity contribution in [3.8, 4) is 0 Å². The van der Waals surface area contributed by atoms with Crippen LogP contribution in [0.3, 0.4) is 0 Å². The summed E-state index contributed by atoms with van der Waals surface area (Å²) < 4.78 is 4.72. The quantitative estimate of drug-likeness (QED) is 0.201. The third kappa shape index (κ3) is 6.72. The molecule has 0 saturated heterocycles. The van der Waals surface area contributed by atoms with Crippen LogP contribution in [0.5, 0.6) is 0 Å². The molecule has 0 unspecified atom stereocenters. The van der Waals surface area contributed by atoms with E-state index in [2.05, 4.69) is 5.10 Å². The first-order chi connectivity index (χ1) is 5.16. The highest BCUT2D eigenvalue weighted by Gasteiger charge is 1.97. The van der Waals surface area contributed by atoms with Gasteiger partial charge in [-0.3, -0.25) is 0 Å². The molecule has 0 rings (SSSR count). The Labute approximate surface area is 64.2 Å². The SMILES string of the molecule is COCCC/C(N)=N\[N+](=O)[O-]. The fraction of sp³-hybridized carbons (Fsp3) is 0.800. The third-order valence-electron chi connectivity index (χ3n) is 0.991. The zero-order chi connectivity index (χ0) is 8.69. The molecule has 0 atom stereocenters. The smallest absolute Gasteiger partial charge is 0.192 e. The van der Waals surface area contributed by atoms with Gasteiger partial charge in [0.25, 0.3) is 0 Å². The molecule has 0 aromatic rings. The van der Waals surface area contributed by atoms with Gasteiger partial charge in [0, 0.05) is 20.1 Å². The topological polar surface area (TPSA) is 90.8 Å². The second-order valence-electron chi connectivity index (χ2n) is 1.93. The lowest BCUT2D eigenvalue weighted by Gasteiger charge is -1.95. The van der Waals surface area contributed by atoms with Crippen molar-refractivity contribution in [2.24, 2.45) is 10.8 Å². The van der Waals surface area contributed by atoms with E-state index in [4.69, 9.17) is 10.5 Å². The first kappa shape index (κ1) is 9.83. The van der Waals surface area contributed by atoms with E-state index in [0.717, 1.165) is 0 Å². The van der Waals surface area contributed by atoms with Crippen molar-refractivity contribution < 1.29 is 9.77 Å². The van der Waals surface area contributed by atoms with Crippen molar-refractivity contribution >= 4 is 5.84 Å². The fourth-order valence-corrected chi connectivity index (χ4v) is 0.553. The summed E-state index contributed by atoms with van der Waals surface area (Å²) in [5.41, 5.74) is 5.17. The van der Waals surface area contributed by atoms with Gasteiger partial charge in [-0.2, -0.15) is 0 Å². The lowest BCUT2D eigenvalue weighted by Crippen LogP contribution is -2.14. The highest BCUT2D eigenvalue weighted by Crippen LogP contribution is 1.89. The van der Waals surface area contributed by atoms with Gasteiger partial charge in [0.1, 0.15) is 0 Å². The number of hydrazone groups is 1. The minimum atomic E-state index is -0.803. The van der Waals surface area contributed by atoms with E-state index < -0.39 is 5.03 Å². The van der Waals surface area contributed by atoms with Crippen molar-refractivity contribution in [3.63, 3.8) is 0 Å². The highest BCUT2D eigenvalue weighted by molar-refractivity contribution is 5.79. The zero-order valence-electron chi connectivity index (χ0n) is 6.32. The Bertz CT molecular complexity index is 157. The molecule has 0 saturated carbocycles. The summed E-state index contributed by atoms with van der Waals surface area (Å²) in [4.78, 5) is 9.75.